The molecule has 8 unspecified atom stereocenters. The van der Waals surface area contributed by atoms with Gasteiger partial charge in [0.15, 0.2) is 6.23 Å². The number of rotatable bonds is 33. The number of β-amino-alcohol motifs (C(OH)–C–C–N with tert-alkyl or cyclic N) is 1. The molecule has 2 aliphatic rings. The molecule has 0 spiro atoms. The molecule has 2 fully saturated rings. The number of aliphatic hydroxyl groups is 8. The number of phenols is 1. The van der Waals surface area contributed by atoms with Crippen LogP contribution in [0.1, 0.15) is 129 Å². The van der Waals surface area contributed by atoms with E-state index >= 15 is 0 Å². The topological polar surface area (TPSA) is 420 Å². The van der Waals surface area contributed by atoms with E-state index in [1.807, 2.05) is 0 Å². The maximum absolute atomic E-state index is 14.3. The van der Waals surface area contributed by atoms with Gasteiger partial charge in [-0.2, -0.15) is 0 Å². The Balaban J connectivity index is 1.82. The SMILES string of the molecule is CCC(C)CC(C)CCCCCCCCC(=O)NC(C[C@@H](O)[C@@H](O)NC(=O)C1NCC[C@@H]1O)C(=O)NC(C(=O)N1C[C@H](O)CC1C(=O)NC(C(=O)NC(C=O)[C@H](O)CC(N)=O)[C@H](O)[C@@H](O)c1ccc(O)cc1)[C@@H](C)O. The summed E-state index contributed by atoms with van der Waals surface area (Å²) in [6, 6.07) is -5.87. The zero-order valence-electron chi connectivity index (χ0n) is 43.3. The highest BCUT2D eigenvalue weighted by atomic mass is 16.3. The second-order valence-corrected chi connectivity index (χ2v) is 20.2. The van der Waals surface area contributed by atoms with Crippen molar-refractivity contribution in [2.45, 2.75) is 203 Å². The van der Waals surface area contributed by atoms with E-state index in [0.717, 1.165) is 62.5 Å². The number of benzene rings is 1. The first kappa shape index (κ1) is 63.9. The second-order valence-electron chi connectivity index (χ2n) is 20.2. The Morgan fingerprint density at radius 1 is 0.773 bits per heavy atom. The van der Waals surface area contributed by atoms with Gasteiger partial charge in [0.05, 0.1) is 30.8 Å². The summed E-state index contributed by atoms with van der Waals surface area (Å²) in [5.41, 5.74) is 5.05. The number of phenolic OH excluding ortho intramolecular Hbond substituents is 1. The van der Waals surface area contributed by atoms with Crippen LogP contribution in [0.3, 0.4) is 0 Å². The highest BCUT2D eigenvalue weighted by molar-refractivity contribution is 5.97. The van der Waals surface area contributed by atoms with Gasteiger partial charge in [-0.25, -0.2) is 0 Å². The fourth-order valence-electron chi connectivity index (χ4n) is 9.16. The maximum atomic E-state index is 14.3. The number of aromatic hydroxyl groups is 1. The van der Waals surface area contributed by atoms with Crippen molar-refractivity contribution in [2.24, 2.45) is 17.6 Å². The highest BCUT2D eigenvalue weighted by Gasteiger charge is 2.46. The van der Waals surface area contributed by atoms with Crippen LogP contribution in [0, 0.1) is 11.8 Å². The standard InChI is InChI=1S/C50H82N8O17/c1-5-26(2)20-27(3)12-10-8-6-7-9-11-13-39(67)53-32(22-37(65)47(72)57-48(73)41-35(63)18-19-52-41)45(70)55-40(28(4)60)50(75)58-24-31(62)21-34(58)46(71)56-42(44(69)43(68)29-14-16-30(61)17-15-29)49(74)54-33(25-59)36(64)23-38(51)66/h14-17,25-28,31-37,40-44,47,52,60-65,68-69,72H,5-13,18-24H2,1-4H3,(H2,51,66)(H,53,67)(H,54,74)(H,55,70)(H,56,71)(H,57,73)/t26?,27?,28-,31-,32?,33?,34?,35+,36-,37-,40?,41?,42?,43+,44+,47-/m1/s1. The molecule has 0 radical (unpaired) electrons. The van der Waals surface area contributed by atoms with Crippen LogP contribution in [0.15, 0.2) is 24.3 Å². The van der Waals surface area contributed by atoms with E-state index in [1.165, 1.54) is 18.6 Å². The van der Waals surface area contributed by atoms with Crippen molar-refractivity contribution >= 4 is 47.6 Å². The lowest BCUT2D eigenvalue weighted by molar-refractivity contribution is -0.146. The number of carbonyl (C=O) groups excluding carboxylic acids is 8. The van der Waals surface area contributed by atoms with E-state index in [1.54, 1.807) is 0 Å². The second kappa shape index (κ2) is 31.6. The highest BCUT2D eigenvalue weighted by Crippen LogP contribution is 2.25. The Kier molecular flexibility index (Phi) is 26.9. The average Bonchev–Trinajstić information content (AvgIpc) is 3.98. The van der Waals surface area contributed by atoms with E-state index < -0.39 is 152 Å². The maximum Gasteiger partial charge on any atom is 0.248 e. The van der Waals surface area contributed by atoms with Crippen LogP contribution < -0.4 is 37.6 Å². The Bertz CT molecular complexity index is 2020. The molecule has 1 aromatic carbocycles. The van der Waals surface area contributed by atoms with Crippen LogP contribution >= 0.6 is 0 Å². The van der Waals surface area contributed by atoms with Crippen molar-refractivity contribution < 1.29 is 84.3 Å². The van der Waals surface area contributed by atoms with Crippen molar-refractivity contribution in [3.63, 3.8) is 0 Å². The fraction of sp³-hybridized carbons (Fsp3) is 0.720. The van der Waals surface area contributed by atoms with Crippen molar-refractivity contribution in [1.82, 2.24) is 36.8 Å². The molecule has 3 rings (SSSR count). The van der Waals surface area contributed by atoms with Gasteiger partial charge in [0.2, 0.25) is 41.4 Å². The minimum absolute atomic E-state index is 0.0446. The summed E-state index contributed by atoms with van der Waals surface area (Å²) in [6.07, 6.45) is -7.61. The largest absolute Gasteiger partial charge is 0.508 e. The zero-order valence-corrected chi connectivity index (χ0v) is 43.3. The molecule has 16 atom stereocenters. The summed E-state index contributed by atoms with van der Waals surface area (Å²) < 4.78 is 0. The molecule has 0 bridgehead atoms. The quantitative estimate of drug-likeness (QED) is 0.0185. The Morgan fingerprint density at radius 2 is 1.41 bits per heavy atom. The Labute approximate surface area is 436 Å². The fourth-order valence-corrected chi connectivity index (χ4v) is 9.16. The van der Waals surface area contributed by atoms with E-state index in [4.69, 9.17) is 5.73 Å². The van der Waals surface area contributed by atoms with Crippen molar-refractivity contribution in [2.75, 3.05) is 13.1 Å². The third kappa shape index (κ3) is 20.6. The first-order chi connectivity index (χ1) is 35.4. The average molecular weight is 1070 g/mol. The Hall–Kier alpha value is -5.38. The van der Waals surface area contributed by atoms with E-state index in [2.05, 4.69) is 52.7 Å². The van der Waals surface area contributed by atoms with Crippen LogP contribution in [-0.2, 0) is 38.4 Å². The summed E-state index contributed by atoms with van der Waals surface area (Å²) in [5, 5.41) is 110. The molecule has 0 saturated carbocycles. The van der Waals surface area contributed by atoms with Crippen molar-refractivity contribution in [1.29, 1.82) is 0 Å². The molecule has 25 nitrogen and oxygen atoms in total. The molecule has 7 amide bonds. The molecule has 17 N–H and O–H groups in total. The van der Waals surface area contributed by atoms with Gasteiger partial charge >= 0.3 is 0 Å². The molecule has 2 aliphatic heterocycles. The van der Waals surface area contributed by atoms with Crippen LogP contribution in [0.2, 0.25) is 0 Å². The number of nitrogens with zero attached hydrogens (tertiary/aromatic N) is 1. The molecule has 75 heavy (non-hydrogen) atoms. The molecular weight excluding hydrogens is 985 g/mol. The summed E-state index contributed by atoms with van der Waals surface area (Å²) in [5.74, 6) is -6.44. The van der Waals surface area contributed by atoms with Gasteiger partial charge in [0, 0.05) is 25.8 Å². The summed E-state index contributed by atoms with van der Waals surface area (Å²) >= 11 is 0. The number of unbranched alkanes of at least 4 members (excludes halogenated alkanes) is 5. The van der Waals surface area contributed by atoms with Gasteiger partial charge in [-0.3, -0.25) is 33.6 Å². The van der Waals surface area contributed by atoms with Crippen LogP contribution in [0.25, 0.3) is 0 Å². The third-order valence-corrected chi connectivity index (χ3v) is 13.8. The van der Waals surface area contributed by atoms with Crippen LogP contribution in [-0.4, -0.2) is 191 Å². The number of hydrogen-bond donors (Lipinski definition) is 16. The minimum Gasteiger partial charge on any atom is -0.508 e. The monoisotopic (exact) mass is 1070 g/mol. The number of nitrogens with two attached hydrogens (primary N) is 1. The van der Waals surface area contributed by atoms with Gasteiger partial charge in [-0.05, 0) is 62.3 Å². The molecule has 25 heteroatoms. The molecule has 2 saturated heterocycles. The van der Waals surface area contributed by atoms with Crippen molar-refractivity contribution in [3.05, 3.63) is 29.8 Å². The lowest BCUT2D eigenvalue weighted by Crippen LogP contribution is -2.63. The number of amides is 7. The molecule has 0 aliphatic carbocycles. The van der Waals surface area contributed by atoms with Crippen molar-refractivity contribution in [3.8, 4) is 5.75 Å². The van der Waals surface area contributed by atoms with Gasteiger partial charge in [-0.1, -0.05) is 77.8 Å². The van der Waals surface area contributed by atoms with Gasteiger partial charge in [-0.15, -0.1) is 0 Å². The molecular formula is C50H82N8O17. The lowest BCUT2D eigenvalue weighted by atomic mass is 9.91. The first-order valence-corrected chi connectivity index (χ1v) is 25.9. The summed E-state index contributed by atoms with van der Waals surface area (Å²) in [4.78, 5) is 106. The van der Waals surface area contributed by atoms with Gasteiger partial charge < -0.3 is 93.3 Å². The van der Waals surface area contributed by atoms with Gasteiger partial charge in [0.25, 0.3) is 0 Å². The lowest BCUT2D eigenvalue weighted by Gasteiger charge is -2.33. The summed E-state index contributed by atoms with van der Waals surface area (Å²) in [6.45, 7) is 7.51. The number of aliphatic hydroxyl groups excluding tert-OH is 8. The smallest absolute Gasteiger partial charge is 0.248 e. The van der Waals surface area contributed by atoms with E-state index in [0.29, 0.717) is 31.2 Å². The minimum atomic E-state index is -2.26. The normalized spacial score (nSPS) is 22.4. The predicted molar refractivity (Wildman–Crippen MR) is 268 cm³/mol. The molecule has 0 aromatic heterocycles. The number of nitrogens with one attached hydrogen (secondary N) is 6. The first-order valence-electron chi connectivity index (χ1n) is 25.9. The van der Waals surface area contributed by atoms with Gasteiger partial charge in [0.1, 0.15) is 66.6 Å². The van der Waals surface area contributed by atoms with E-state index in [9.17, 15) is 84.3 Å². The number of likely N-dealkylation sites (tertiary alicyclic amines) is 1. The molecule has 2 heterocycles. The predicted octanol–water partition coefficient (Wildman–Crippen LogP) is -3.40. The van der Waals surface area contributed by atoms with Crippen LogP contribution in [0.5, 0.6) is 5.75 Å². The number of primary amides is 1. The molecule has 1 aromatic rings. The van der Waals surface area contributed by atoms with Crippen LogP contribution in [0.4, 0.5) is 0 Å². The number of hydrogen-bond acceptors (Lipinski definition) is 18. The zero-order chi connectivity index (χ0) is 56.1. The van der Waals surface area contributed by atoms with E-state index in [-0.39, 0.29) is 30.4 Å². The number of aldehydes is 1. The third-order valence-electron chi connectivity index (χ3n) is 13.8. The Morgan fingerprint density at radius 3 is 2.00 bits per heavy atom. The number of carbonyl (C=O) groups is 8. The summed E-state index contributed by atoms with van der Waals surface area (Å²) in [7, 11) is 0. The molecule has 424 valence electrons.